The third-order valence-corrected chi connectivity index (χ3v) is 5.44. The molecule has 0 unspecified atom stereocenters. The number of furan rings is 1. The van der Waals surface area contributed by atoms with Gasteiger partial charge in [-0.15, -0.1) is 0 Å². The Kier molecular flexibility index (Phi) is 4.93. The number of likely N-dealkylation sites (tertiary alicyclic amines) is 1. The Balaban J connectivity index is 1.35. The Labute approximate surface area is 153 Å². The number of amides is 1. The van der Waals surface area contributed by atoms with Gasteiger partial charge in [-0.25, -0.2) is 4.39 Å². The predicted octanol–water partition coefficient (Wildman–Crippen LogP) is 2.85. The van der Waals surface area contributed by atoms with Crippen LogP contribution in [0.3, 0.4) is 0 Å². The van der Waals surface area contributed by atoms with Crippen molar-refractivity contribution >= 4 is 11.6 Å². The molecule has 2 saturated heterocycles. The Morgan fingerprint density at radius 1 is 1.04 bits per heavy atom. The Hall–Kier alpha value is -2.34. The summed E-state index contributed by atoms with van der Waals surface area (Å²) in [5, 5.41) is 0. The van der Waals surface area contributed by atoms with Crippen LogP contribution in [0.1, 0.15) is 23.4 Å². The molecule has 26 heavy (non-hydrogen) atoms. The van der Waals surface area contributed by atoms with E-state index in [1.165, 1.54) is 12.3 Å². The molecule has 2 aromatic rings. The number of para-hydroxylation sites is 1. The number of rotatable bonds is 3. The topological polar surface area (TPSA) is 39.9 Å². The molecule has 2 aliphatic rings. The number of benzene rings is 1. The number of halogens is 1. The van der Waals surface area contributed by atoms with Crippen LogP contribution < -0.4 is 4.90 Å². The molecular weight excluding hydrogens is 333 g/mol. The molecule has 0 N–H and O–H groups in total. The van der Waals surface area contributed by atoms with Crippen molar-refractivity contribution in [1.82, 2.24) is 9.80 Å². The second-order valence-corrected chi connectivity index (χ2v) is 7.00. The molecule has 2 fully saturated rings. The number of hydrogen-bond acceptors (Lipinski definition) is 4. The summed E-state index contributed by atoms with van der Waals surface area (Å²) in [4.78, 5) is 19.0. The van der Waals surface area contributed by atoms with Gasteiger partial charge < -0.3 is 14.2 Å². The van der Waals surface area contributed by atoms with Gasteiger partial charge in [0.1, 0.15) is 5.82 Å². The highest BCUT2D eigenvalue weighted by Crippen LogP contribution is 2.23. The molecular formula is C20H24FN3O2. The molecule has 4 rings (SSSR count). The maximum Gasteiger partial charge on any atom is 0.289 e. The zero-order chi connectivity index (χ0) is 17.9. The minimum absolute atomic E-state index is 0.0234. The maximum atomic E-state index is 14.0. The Bertz CT molecular complexity index is 741. The first-order chi connectivity index (χ1) is 12.7. The highest BCUT2D eigenvalue weighted by Gasteiger charge is 2.31. The van der Waals surface area contributed by atoms with Crippen LogP contribution in [-0.4, -0.2) is 61.0 Å². The lowest BCUT2D eigenvalue weighted by atomic mass is 10.0. The summed E-state index contributed by atoms with van der Waals surface area (Å²) in [5.74, 6) is 0.230. The van der Waals surface area contributed by atoms with Crippen LogP contribution in [0.5, 0.6) is 0 Å². The van der Waals surface area contributed by atoms with Gasteiger partial charge in [-0.2, -0.15) is 0 Å². The van der Waals surface area contributed by atoms with Crippen molar-refractivity contribution in [2.45, 2.75) is 18.9 Å². The lowest BCUT2D eigenvalue weighted by molar-refractivity contribution is 0.0535. The molecule has 3 heterocycles. The van der Waals surface area contributed by atoms with E-state index in [9.17, 15) is 9.18 Å². The third kappa shape index (κ3) is 3.46. The lowest BCUT2D eigenvalue weighted by Gasteiger charge is -2.43. The fourth-order valence-corrected chi connectivity index (χ4v) is 4.03. The summed E-state index contributed by atoms with van der Waals surface area (Å²) in [6.45, 7) is 4.92. The van der Waals surface area contributed by atoms with E-state index < -0.39 is 0 Å². The summed E-state index contributed by atoms with van der Waals surface area (Å²) < 4.78 is 19.2. The summed E-state index contributed by atoms with van der Waals surface area (Å²) in [6, 6.07) is 10.8. The molecule has 0 radical (unpaired) electrons. The van der Waals surface area contributed by atoms with Crippen molar-refractivity contribution in [3.05, 3.63) is 54.2 Å². The molecule has 5 nitrogen and oxygen atoms in total. The molecule has 1 amide bonds. The van der Waals surface area contributed by atoms with Gasteiger partial charge in [-0.1, -0.05) is 12.1 Å². The van der Waals surface area contributed by atoms with E-state index in [4.69, 9.17) is 4.42 Å². The number of hydrogen-bond donors (Lipinski definition) is 0. The molecule has 1 atom stereocenters. The monoisotopic (exact) mass is 357 g/mol. The second-order valence-electron chi connectivity index (χ2n) is 7.00. The van der Waals surface area contributed by atoms with Crippen molar-refractivity contribution in [1.29, 1.82) is 0 Å². The molecule has 0 spiro atoms. The van der Waals surface area contributed by atoms with Crippen LogP contribution in [0, 0.1) is 5.82 Å². The van der Waals surface area contributed by atoms with Gasteiger partial charge in [0.15, 0.2) is 5.76 Å². The number of piperidine rings is 1. The zero-order valence-corrected chi connectivity index (χ0v) is 14.8. The fraction of sp³-hybridized carbons (Fsp3) is 0.450. The van der Waals surface area contributed by atoms with Gasteiger partial charge >= 0.3 is 0 Å². The van der Waals surface area contributed by atoms with Gasteiger partial charge in [0, 0.05) is 45.3 Å². The van der Waals surface area contributed by atoms with Crippen LogP contribution >= 0.6 is 0 Å². The summed E-state index contributed by atoms with van der Waals surface area (Å²) in [7, 11) is 0. The first-order valence-corrected chi connectivity index (χ1v) is 9.28. The molecule has 1 aromatic heterocycles. The molecule has 0 aliphatic carbocycles. The molecule has 0 bridgehead atoms. The highest BCUT2D eigenvalue weighted by molar-refractivity contribution is 5.91. The van der Waals surface area contributed by atoms with Crippen molar-refractivity contribution < 1.29 is 13.6 Å². The SMILES string of the molecule is O=C(c1ccco1)N1CCC[C@H](N2CCN(c3ccccc3F)CC2)C1. The van der Waals surface area contributed by atoms with Crippen LogP contribution in [0.25, 0.3) is 0 Å². The average molecular weight is 357 g/mol. The smallest absolute Gasteiger partial charge is 0.289 e. The number of nitrogens with zero attached hydrogens (tertiary/aromatic N) is 3. The van der Waals surface area contributed by atoms with E-state index in [-0.39, 0.29) is 11.7 Å². The minimum atomic E-state index is -0.158. The minimum Gasteiger partial charge on any atom is -0.459 e. The quantitative estimate of drug-likeness (QED) is 0.847. The third-order valence-electron chi connectivity index (χ3n) is 5.44. The van der Waals surface area contributed by atoms with E-state index in [0.717, 1.165) is 52.1 Å². The van der Waals surface area contributed by atoms with E-state index in [1.807, 2.05) is 17.0 Å². The van der Waals surface area contributed by atoms with Crippen molar-refractivity contribution in [3.63, 3.8) is 0 Å². The lowest BCUT2D eigenvalue weighted by Crippen LogP contribution is -2.56. The van der Waals surface area contributed by atoms with Crippen LogP contribution in [0.15, 0.2) is 47.1 Å². The van der Waals surface area contributed by atoms with E-state index in [0.29, 0.717) is 17.5 Å². The predicted molar refractivity (Wildman–Crippen MR) is 97.8 cm³/mol. The van der Waals surface area contributed by atoms with E-state index in [2.05, 4.69) is 9.80 Å². The Morgan fingerprint density at radius 3 is 2.58 bits per heavy atom. The largest absolute Gasteiger partial charge is 0.459 e. The zero-order valence-electron chi connectivity index (χ0n) is 14.8. The van der Waals surface area contributed by atoms with Gasteiger partial charge in [-0.3, -0.25) is 9.69 Å². The van der Waals surface area contributed by atoms with Crippen LogP contribution in [-0.2, 0) is 0 Å². The molecule has 1 aromatic carbocycles. The number of carbonyl (C=O) groups excluding carboxylic acids is 1. The van der Waals surface area contributed by atoms with Gasteiger partial charge in [0.25, 0.3) is 5.91 Å². The number of piperazine rings is 1. The van der Waals surface area contributed by atoms with E-state index in [1.54, 1.807) is 18.2 Å². The standard InChI is InChI=1S/C20H24FN3O2/c21-17-6-1-2-7-18(17)23-12-10-22(11-13-23)16-5-3-9-24(15-16)20(25)19-8-4-14-26-19/h1-2,4,6-8,14,16H,3,5,9-13,15H2/t16-/m0/s1. The van der Waals surface area contributed by atoms with Crippen molar-refractivity contribution in [3.8, 4) is 0 Å². The molecule has 6 heteroatoms. The number of carbonyl (C=O) groups is 1. The summed E-state index contributed by atoms with van der Waals surface area (Å²) >= 11 is 0. The first kappa shape index (κ1) is 17.1. The Morgan fingerprint density at radius 2 is 1.85 bits per heavy atom. The van der Waals surface area contributed by atoms with Crippen molar-refractivity contribution in [2.75, 3.05) is 44.2 Å². The van der Waals surface area contributed by atoms with Crippen LogP contribution in [0.4, 0.5) is 10.1 Å². The van der Waals surface area contributed by atoms with Gasteiger partial charge in [0.2, 0.25) is 0 Å². The van der Waals surface area contributed by atoms with Gasteiger partial charge in [-0.05, 0) is 37.1 Å². The average Bonchev–Trinajstić information content (AvgIpc) is 3.23. The normalized spacial score (nSPS) is 21.8. The number of anilines is 1. The van der Waals surface area contributed by atoms with Crippen LogP contribution in [0.2, 0.25) is 0 Å². The molecule has 138 valence electrons. The van der Waals surface area contributed by atoms with Crippen molar-refractivity contribution in [2.24, 2.45) is 0 Å². The maximum absolute atomic E-state index is 14.0. The molecule has 0 saturated carbocycles. The first-order valence-electron chi connectivity index (χ1n) is 9.28. The van der Waals surface area contributed by atoms with E-state index >= 15 is 0 Å². The fourth-order valence-electron chi connectivity index (χ4n) is 4.03. The van der Waals surface area contributed by atoms with Gasteiger partial charge in [0.05, 0.1) is 12.0 Å². The molecule has 2 aliphatic heterocycles. The summed E-state index contributed by atoms with van der Waals surface area (Å²) in [6.07, 6.45) is 3.64. The summed E-state index contributed by atoms with van der Waals surface area (Å²) in [5.41, 5.74) is 0.686. The second kappa shape index (κ2) is 7.50. The highest BCUT2D eigenvalue weighted by atomic mass is 19.1.